The topological polar surface area (TPSA) is 25.8 Å². The second-order valence-corrected chi connectivity index (χ2v) is 14.5. The number of hydrogen-bond acceptors (Lipinski definition) is 3. The predicted molar refractivity (Wildman–Crippen MR) is 225 cm³/mol. The van der Waals surface area contributed by atoms with Crippen LogP contribution in [0.1, 0.15) is 0 Å². The maximum atomic E-state index is 5.25. The molecular formula is C50H32N2S. The van der Waals surface area contributed by atoms with Crippen LogP contribution < -0.4 is 0 Å². The van der Waals surface area contributed by atoms with Gasteiger partial charge >= 0.3 is 0 Å². The number of fused-ring (bicyclic) bond motifs is 4. The van der Waals surface area contributed by atoms with Gasteiger partial charge in [0.25, 0.3) is 0 Å². The lowest BCUT2D eigenvalue weighted by molar-refractivity contribution is 1.18. The van der Waals surface area contributed by atoms with Gasteiger partial charge in [0.1, 0.15) is 0 Å². The summed E-state index contributed by atoms with van der Waals surface area (Å²) in [6, 6.07) is 69.3. The summed E-state index contributed by atoms with van der Waals surface area (Å²) in [6.45, 7) is 0. The van der Waals surface area contributed by atoms with E-state index in [1.807, 2.05) is 29.5 Å². The second kappa shape index (κ2) is 13.1. The number of thiophene rings is 1. The van der Waals surface area contributed by atoms with Crippen molar-refractivity contribution in [1.82, 2.24) is 9.97 Å². The molecule has 2 nitrogen and oxygen atoms in total. The normalized spacial score (nSPS) is 11.4. The van der Waals surface area contributed by atoms with Gasteiger partial charge in [0.15, 0.2) is 5.82 Å². The van der Waals surface area contributed by atoms with E-state index in [1.165, 1.54) is 47.6 Å². The van der Waals surface area contributed by atoms with E-state index in [0.29, 0.717) is 5.82 Å². The van der Waals surface area contributed by atoms with Crippen LogP contribution in [0.3, 0.4) is 0 Å². The first-order valence-corrected chi connectivity index (χ1v) is 18.7. The minimum Gasteiger partial charge on any atom is -0.228 e. The van der Waals surface area contributed by atoms with E-state index < -0.39 is 0 Å². The Kier molecular flexibility index (Phi) is 7.71. The lowest BCUT2D eigenvalue weighted by Gasteiger charge is -2.14. The molecule has 0 bridgehead atoms. The quantitative estimate of drug-likeness (QED) is 0.173. The van der Waals surface area contributed by atoms with E-state index in [9.17, 15) is 0 Å². The summed E-state index contributed by atoms with van der Waals surface area (Å²) in [6.07, 6.45) is 0. The molecule has 8 aromatic carbocycles. The molecule has 0 spiro atoms. The highest BCUT2D eigenvalue weighted by molar-refractivity contribution is 7.25. The third kappa shape index (κ3) is 5.97. The highest BCUT2D eigenvalue weighted by Crippen LogP contribution is 2.39. The molecule has 0 aliphatic rings. The van der Waals surface area contributed by atoms with Crippen LogP contribution in [0.4, 0.5) is 0 Å². The summed E-state index contributed by atoms with van der Waals surface area (Å²) in [5.41, 5.74) is 11.8. The third-order valence-electron chi connectivity index (χ3n) is 10.0. The van der Waals surface area contributed by atoms with Gasteiger partial charge in [0.2, 0.25) is 0 Å². The van der Waals surface area contributed by atoms with Crippen LogP contribution >= 0.6 is 11.3 Å². The van der Waals surface area contributed by atoms with Crippen molar-refractivity contribution in [2.24, 2.45) is 0 Å². The van der Waals surface area contributed by atoms with E-state index in [-0.39, 0.29) is 0 Å². The van der Waals surface area contributed by atoms with Crippen molar-refractivity contribution in [2.75, 3.05) is 0 Å². The molecule has 3 heteroatoms. The van der Waals surface area contributed by atoms with Gasteiger partial charge in [-0.15, -0.1) is 11.3 Å². The highest BCUT2D eigenvalue weighted by Gasteiger charge is 2.15. The monoisotopic (exact) mass is 692 g/mol. The van der Waals surface area contributed by atoms with Gasteiger partial charge in [-0.2, -0.15) is 0 Å². The maximum Gasteiger partial charge on any atom is 0.160 e. The van der Waals surface area contributed by atoms with Crippen molar-refractivity contribution >= 4 is 42.3 Å². The Bertz CT molecular complexity index is 2950. The second-order valence-electron chi connectivity index (χ2n) is 13.4. The van der Waals surface area contributed by atoms with Crippen LogP contribution in [0.25, 0.3) is 98.2 Å². The average molecular weight is 693 g/mol. The van der Waals surface area contributed by atoms with Crippen LogP contribution in [0.5, 0.6) is 0 Å². The lowest BCUT2D eigenvalue weighted by Crippen LogP contribution is -1.97. The molecule has 0 radical (unpaired) electrons. The minimum atomic E-state index is 0.701. The van der Waals surface area contributed by atoms with Gasteiger partial charge in [-0.25, -0.2) is 9.97 Å². The van der Waals surface area contributed by atoms with Gasteiger partial charge in [0, 0.05) is 36.9 Å². The molecule has 0 atom stereocenters. The molecule has 0 N–H and O–H groups in total. The number of aromatic nitrogens is 2. The molecule has 0 amide bonds. The van der Waals surface area contributed by atoms with Crippen molar-refractivity contribution in [2.45, 2.75) is 0 Å². The van der Waals surface area contributed by atoms with E-state index >= 15 is 0 Å². The molecule has 0 saturated carbocycles. The Morgan fingerprint density at radius 3 is 1.66 bits per heavy atom. The van der Waals surface area contributed by atoms with Crippen LogP contribution in [0.2, 0.25) is 0 Å². The first-order chi connectivity index (χ1) is 26.2. The Labute approximate surface area is 312 Å². The van der Waals surface area contributed by atoms with Gasteiger partial charge in [-0.3, -0.25) is 0 Å². The van der Waals surface area contributed by atoms with E-state index in [1.54, 1.807) is 0 Å². The van der Waals surface area contributed by atoms with E-state index in [0.717, 1.165) is 44.8 Å². The number of rotatable bonds is 6. The largest absolute Gasteiger partial charge is 0.228 e. The van der Waals surface area contributed by atoms with Crippen LogP contribution in [0.15, 0.2) is 194 Å². The van der Waals surface area contributed by atoms with Crippen molar-refractivity contribution in [3.8, 4) is 67.3 Å². The first kappa shape index (κ1) is 31.1. The standard InChI is InChI=1S/C50H32N2S/c1-3-12-33(13-4-1)41-28-42(39-24-25-45-44-20-9-10-21-48(44)53-49(45)31-39)30-43(29-41)47-32-46(51-50(52-47)35-15-5-2-6-16-35)40-19-11-18-37(27-40)38-23-22-34-14-7-8-17-36(34)26-38/h1-32H. The van der Waals surface area contributed by atoms with Crippen molar-refractivity contribution in [1.29, 1.82) is 0 Å². The highest BCUT2D eigenvalue weighted by atomic mass is 32.1. The fraction of sp³-hybridized carbons (Fsp3) is 0. The number of benzene rings is 8. The van der Waals surface area contributed by atoms with E-state index in [2.05, 4.69) is 176 Å². The van der Waals surface area contributed by atoms with Gasteiger partial charge in [0.05, 0.1) is 11.4 Å². The molecule has 53 heavy (non-hydrogen) atoms. The molecular weight excluding hydrogens is 661 g/mol. The Hall–Kier alpha value is -6.68. The fourth-order valence-corrected chi connectivity index (χ4v) is 8.48. The van der Waals surface area contributed by atoms with Crippen molar-refractivity contribution < 1.29 is 0 Å². The fourth-order valence-electron chi connectivity index (χ4n) is 7.33. The molecule has 0 saturated heterocycles. The van der Waals surface area contributed by atoms with Crippen LogP contribution in [0, 0.1) is 0 Å². The van der Waals surface area contributed by atoms with Crippen molar-refractivity contribution in [3.63, 3.8) is 0 Å². The minimum absolute atomic E-state index is 0.701. The maximum absolute atomic E-state index is 5.25. The Morgan fingerprint density at radius 1 is 0.283 bits per heavy atom. The molecule has 248 valence electrons. The van der Waals surface area contributed by atoms with Gasteiger partial charge in [-0.1, -0.05) is 146 Å². The molecule has 0 aliphatic carbocycles. The summed E-state index contributed by atoms with van der Waals surface area (Å²) in [7, 11) is 0. The van der Waals surface area contributed by atoms with Crippen LogP contribution in [-0.2, 0) is 0 Å². The zero-order valence-corrected chi connectivity index (χ0v) is 29.6. The molecule has 2 heterocycles. The van der Waals surface area contributed by atoms with Gasteiger partial charge in [-0.05, 0) is 92.7 Å². The van der Waals surface area contributed by atoms with Crippen molar-refractivity contribution in [3.05, 3.63) is 194 Å². The average Bonchev–Trinajstić information content (AvgIpc) is 3.62. The smallest absolute Gasteiger partial charge is 0.160 e. The van der Waals surface area contributed by atoms with Crippen LogP contribution in [-0.4, -0.2) is 9.97 Å². The zero-order chi connectivity index (χ0) is 35.1. The molecule has 10 aromatic rings. The molecule has 10 rings (SSSR count). The molecule has 2 aromatic heterocycles. The summed E-state index contributed by atoms with van der Waals surface area (Å²) in [5, 5.41) is 5.07. The summed E-state index contributed by atoms with van der Waals surface area (Å²) < 4.78 is 2.60. The predicted octanol–water partition coefficient (Wildman–Crippen LogP) is 14.0. The summed E-state index contributed by atoms with van der Waals surface area (Å²) in [5.74, 6) is 0.701. The molecule has 0 unspecified atom stereocenters. The Morgan fingerprint density at radius 2 is 0.830 bits per heavy atom. The number of hydrogen-bond donors (Lipinski definition) is 0. The van der Waals surface area contributed by atoms with Gasteiger partial charge < -0.3 is 0 Å². The Balaban J connectivity index is 1.14. The zero-order valence-electron chi connectivity index (χ0n) is 28.8. The summed E-state index contributed by atoms with van der Waals surface area (Å²) >= 11 is 1.85. The molecule has 0 aliphatic heterocycles. The lowest BCUT2D eigenvalue weighted by atomic mass is 9.94. The van der Waals surface area contributed by atoms with E-state index in [4.69, 9.17) is 9.97 Å². The molecule has 0 fully saturated rings. The number of nitrogens with zero attached hydrogens (tertiary/aromatic N) is 2. The summed E-state index contributed by atoms with van der Waals surface area (Å²) in [4.78, 5) is 10.4. The SMILES string of the molecule is c1ccc(-c2cc(-c3ccc4c(c3)sc3ccccc34)cc(-c3cc(-c4cccc(-c5ccc6ccccc6c5)c4)nc(-c4ccccc4)n3)c2)cc1. The third-order valence-corrected chi connectivity index (χ3v) is 11.2. The first-order valence-electron chi connectivity index (χ1n) is 17.9.